The van der Waals surface area contributed by atoms with E-state index >= 15 is 0 Å². The van der Waals surface area contributed by atoms with Gasteiger partial charge in [0.2, 0.25) is 0 Å². The number of ether oxygens (including phenoxy) is 1. The molecule has 1 fully saturated rings. The first-order valence-corrected chi connectivity index (χ1v) is 6.13. The van der Waals surface area contributed by atoms with Crippen molar-refractivity contribution in [1.29, 1.82) is 0 Å². The minimum Gasteiger partial charge on any atom is -0.490 e. The highest BCUT2D eigenvalue weighted by Crippen LogP contribution is 2.31. The lowest BCUT2D eigenvalue weighted by atomic mass is 10.0. The summed E-state index contributed by atoms with van der Waals surface area (Å²) in [5, 5.41) is 0. The summed E-state index contributed by atoms with van der Waals surface area (Å²) >= 11 is 0. The van der Waals surface area contributed by atoms with Crippen molar-refractivity contribution in [2.45, 2.75) is 32.3 Å². The Balaban J connectivity index is 2.33. The summed E-state index contributed by atoms with van der Waals surface area (Å²) in [6.07, 6.45) is 3.45. The first kappa shape index (κ1) is 12.0. The zero-order valence-corrected chi connectivity index (χ0v) is 10.7. The Morgan fingerprint density at radius 3 is 2.65 bits per heavy atom. The molecule has 0 aromatic heterocycles. The van der Waals surface area contributed by atoms with Crippen LogP contribution in [0.4, 0.5) is 0 Å². The summed E-state index contributed by atoms with van der Waals surface area (Å²) < 4.78 is 5.85. The van der Waals surface area contributed by atoms with Crippen LogP contribution in [0.25, 0.3) is 0 Å². The summed E-state index contributed by atoms with van der Waals surface area (Å²) in [6.45, 7) is 2.06. The molecule has 0 atom stereocenters. The molecule has 1 aliphatic rings. The van der Waals surface area contributed by atoms with Crippen molar-refractivity contribution in [2.75, 3.05) is 14.1 Å². The first-order valence-electron chi connectivity index (χ1n) is 6.13. The van der Waals surface area contributed by atoms with E-state index in [9.17, 15) is 4.79 Å². The van der Waals surface area contributed by atoms with E-state index in [1.807, 2.05) is 18.2 Å². The minimum absolute atomic E-state index is 0.0445. The van der Waals surface area contributed by atoms with Gasteiger partial charge >= 0.3 is 0 Å². The molecule has 1 aliphatic carbocycles. The van der Waals surface area contributed by atoms with E-state index in [1.165, 1.54) is 0 Å². The highest BCUT2D eigenvalue weighted by molar-refractivity contribution is 5.96. The van der Waals surface area contributed by atoms with E-state index in [1.54, 1.807) is 19.0 Å². The van der Waals surface area contributed by atoms with Crippen molar-refractivity contribution in [3.63, 3.8) is 0 Å². The van der Waals surface area contributed by atoms with Crippen LogP contribution in [0, 0.1) is 0 Å². The van der Waals surface area contributed by atoms with Gasteiger partial charge < -0.3 is 9.64 Å². The standard InChI is InChI=1S/C14H19NO2/c1-4-11-12(14(16)15(2)3)6-5-7-13(11)17-10-8-9-10/h5-7,10H,4,8-9H2,1-3H3. The SMILES string of the molecule is CCc1c(OC2CC2)cccc1C(=O)N(C)C. The lowest BCUT2D eigenvalue weighted by Crippen LogP contribution is -2.23. The van der Waals surface area contributed by atoms with Crippen LogP contribution in [-0.2, 0) is 6.42 Å². The fourth-order valence-corrected chi connectivity index (χ4v) is 1.85. The van der Waals surface area contributed by atoms with Crippen LogP contribution < -0.4 is 4.74 Å². The number of amides is 1. The van der Waals surface area contributed by atoms with Gasteiger partial charge in [-0.2, -0.15) is 0 Å². The second kappa shape index (κ2) is 4.78. The maximum atomic E-state index is 12.0. The molecule has 0 saturated heterocycles. The van der Waals surface area contributed by atoms with Crippen molar-refractivity contribution in [2.24, 2.45) is 0 Å². The molecule has 3 heteroatoms. The van der Waals surface area contributed by atoms with E-state index in [-0.39, 0.29) is 5.91 Å². The van der Waals surface area contributed by atoms with E-state index in [4.69, 9.17) is 4.74 Å². The monoisotopic (exact) mass is 233 g/mol. The predicted molar refractivity (Wildman–Crippen MR) is 67.5 cm³/mol. The molecule has 0 radical (unpaired) electrons. The number of carbonyl (C=O) groups excluding carboxylic acids is 1. The first-order chi connectivity index (χ1) is 8.13. The molecule has 0 heterocycles. The number of rotatable bonds is 4. The molecule has 2 rings (SSSR count). The van der Waals surface area contributed by atoms with Gasteiger partial charge in [-0.05, 0) is 31.4 Å². The fourth-order valence-electron chi connectivity index (χ4n) is 1.85. The van der Waals surface area contributed by atoms with Crippen LogP contribution in [0.2, 0.25) is 0 Å². The molecule has 1 amide bonds. The number of hydrogen-bond acceptors (Lipinski definition) is 2. The largest absolute Gasteiger partial charge is 0.490 e. The molecule has 1 saturated carbocycles. The van der Waals surface area contributed by atoms with Crippen molar-refractivity contribution >= 4 is 5.91 Å². The van der Waals surface area contributed by atoms with Crippen molar-refractivity contribution in [3.8, 4) is 5.75 Å². The van der Waals surface area contributed by atoms with Crippen LogP contribution in [0.1, 0.15) is 35.7 Å². The third-order valence-electron chi connectivity index (χ3n) is 2.94. The Hall–Kier alpha value is -1.51. The van der Waals surface area contributed by atoms with Gasteiger partial charge in [-0.15, -0.1) is 0 Å². The zero-order valence-electron chi connectivity index (χ0n) is 10.7. The number of carbonyl (C=O) groups is 1. The topological polar surface area (TPSA) is 29.5 Å². The smallest absolute Gasteiger partial charge is 0.253 e. The Morgan fingerprint density at radius 2 is 2.12 bits per heavy atom. The van der Waals surface area contributed by atoms with Gasteiger partial charge in [0.25, 0.3) is 5.91 Å². The van der Waals surface area contributed by atoms with Crippen LogP contribution in [0.3, 0.4) is 0 Å². The predicted octanol–water partition coefficient (Wildman–Crippen LogP) is 2.49. The molecule has 1 aromatic carbocycles. The maximum absolute atomic E-state index is 12.0. The Morgan fingerprint density at radius 1 is 1.41 bits per heavy atom. The number of hydrogen-bond donors (Lipinski definition) is 0. The number of benzene rings is 1. The summed E-state index contributed by atoms with van der Waals surface area (Å²) in [5.74, 6) is 0.922. The quantitative estimate of drug-likeness (QED) is 0.799. The van der Waals surface area contributed by atoms with Crippen LogP contribution >= 0.6 is 0 Å². The van der Waals surface area contributed by atoms with Crippen LogP contribution in [-0.4, -0.2) is 31.0 Å². The molecule has 0 bridgehead atoms. The fraction of sp³-hybridized carbons (Fsp3) is 0.500. The highest BCUT2D eigenvalue weighted by Gasteiger charge is 2.25. The Kier molecular flexibility index (Phi) is 3.36. The van der Waals surface area contributed by atoms with Gasteiger partial charge in [-0.25, -0.2) is 0 Å². The third-order valence-corrected chi connectivity index (χ3v) is 2.94. The van der Waals surface area contributed by atoms with E-state index in [0.29, 0.717) is 6.10 Å². The molecule has 0 aliphatic heterocycles. The van der Waals surface area contributed by atoms with Crippen molar-refractivity contribution in [3.05, 3.63) is 29.3 Å². The van der Waals surface area contributed by atoms with Crippen molar-refractivity contribution < 1.29 is 9.53 Å². The van der Waals surface area contributed by atoms with E-state index in [0.717, 1.165) is 36.1 Å². The lowest BCUT2D eigenvalue weighted by molar-refractivity contribution is 0.0826. The molecule has 0 spiro atoms. The van der Waals surface area contributed by atoms with Crippen LogP contribution in [0.15, 0.2) is 18.2 Å². The van der Waals surface area contributed by atoms with Gasteiger partial charge in [0.15, 0.2) is 0 Å². The van der Waals surface area contributed by atoms with Gasteiger partial charge in [0.05, 0.1) is 6.10 Å². The average molecular weight is 233 g/mol. The maximum Gasteiger partial charge on any atom is 0.253 e. The second-order valence-electron chi connectivity index (χ2n) is 4.65. The molecular formula is C14H19NO2. The van der Waals surface area contributed by atoms with Crippen LogP contribution in [0.5, 0.6) is 5.75 Å². The third kappa shape index (κ3) is 2.60. The number of nitrogens with zero attached hydrogens (tertiary/aromatic N) is 1. The van der Waals surface area contributed by atoms with Crippen molar-refractivity contribution in [1.82, 2.24) is 4.90 Å². The van der Waals surface area contributed by atoms with Gasteiger partial charge in [0, 0.05) is 25.2 Å². The molecule has 92 valence electrons. The van der Waals surface area contributed by atoms with Gasteiger partial charge in [-0.1, -0.05) is 13.0 Å². The summed E-state index contributed by atoms with van der Waals surface area (Å²) in [5.41, 5.74) is 1.79. The molecule has 17 heavy (non-hydrogen) atoms. The van der Waals surface area contributed by atoms with Gasteiger partial charge in [0.1, 0.15) is 5.75 Å². The summed E-state index contributed by atoms with van der Waals surface area (Å²) in [6, 6.07) is 5.73. The molecular weight excluding hydrogens is 214 g/mol. The molecule has 1 aromatic rings. The molecule has 0 N–H and O–H groups in total. The normalized spacial score (nSPS) is 14.5. The minimum atomic E-state index is 0.0445. The molecule has 3 nitrogen and oxygen atoms in total. The average Bonchev–Trinajstić information content (AvgIpc) is 3.11. The van der Waals surface area contributed by atoms with Gasteiger partial charge in [-0.3, -0.25) is 4.79 Å². The summed E-state index contributed by atoms with van der Waals surface area (Å²) in [7, 11) is 3.55. The Labute approximate surface area is 102 Å². The Bertz CT molecular complexity index is 422. The van der Waals surface area contributed by atoms with E-state index < -0.39 is 0 Å². The molecule has 0 unspecified atom stereocenters. The highest BCUT2D eigenvalue weighted by atomic mass is 16.5. The van der Waals surface area contributed by atoms with E-state index in [2.05, 4.69) is 6.92 Å². The zero-order chi connectivity index (χ0) is 12.4. The second-order valence-corrected chi connectivity index (χ2v) is 4.65. The lowest BCUT2D eigenvalue weighted by Gasteiger charge is -2.16. The summed E-state index contributed by atoms with van der Waals surface area (Å²) in [4.78, 5) is 13.7.